The lowest BCUT2D eigenvalue weighted by Crippen LogP contribution is -2.32. The van der Waals surface area contributed by atoms with Crippen molar-refractivity contribution in [1.29, 1.82) is 0 Å². The lowest BCUT2D eigenvalue weighted by molar-refractivity contribution is 0.0901. The van der Waals surface area contributed by atoms with E-state index in [1.807, 2.05) is 0 Å². The zero-order valence-corrected chi connectivity index (χ0v) is 23.9. The first-order valence-corrected chi connectivity index (χ1v) is 15.1. The van der Waals surface area contributed by atoms with Crippen molar-refractivity contribution in [1.82, 2.24) is 0 Å². The molecule has 2 nitrogen and oxygen atoms in total. The van der Waals surface area contributed by atoms with Crippen LogP contribution in [0.3, 0.4) is 0 Å². The molecule has 2 saturated carbocycles. The molecule has 4 atom stereocenters. The number of fused-ring (bicyclic) bond motifs is 1. The molecule has 2 aliphatic rings. The number of halogens is 2. The van der Waals surface area contributed by atoms with Gasteiger partial charge >= 0.3 is 0 Å². The van der Waals surface area contributed by atoms with E-state index >= 15 is 0 Å². The van der Waals surface area contributed by atoms with Crippen LogP contribution in [0.5, 0.6) is 11.5 Å². The quantitative estimate of drug-likeness (QED) is 0.237. The van der Waals surface area contributed by atoms with E-state index in [-0.39, 0.29) is 11.5 Å². The topological polar surface area (TPSA) is 18.5 Å². The number of aryl methyl sites for hydroxylation is 1. The van der Waals surface area contributed by atoms with E-state index in [2.05, 4.69) is 67.6 Å². The van der Waals surface area contributed by atoms with Gasteiger partial charge in [0.05, 0.1) is 13.2 Å². The van der Waals surface area contributed by atoms with Crippen molar-refractivity contribution in [3.8, 4) is 22.6 Å². The van der Waals surface area contributed by atoms with Gasteiger partial charge in [-0.1, -0.05) is 60.7 Å². The Morgan fingerprint density at radius 3 is 2.05 bits per heavy atom. The third-order valence-corrected chi connectivity index (χ3v) is 9.01. The Morgan fingerprint density at radius 2 is 1.38 bits per heavy atom. The van der Waals surface area contributed by atoms with Gasteiger partial charge in [-0.25, -0.2) is 0 Å². The first-order valence-electron chi connectivity index (χ1n) is 15.1. The summed E-state index contributed by atoms with van der Waals surface area (Å²) in [7, 11) is 0. The summed E-state index contributed by atoms with van der Waals surface area (Å²) in [6.07, 6.45) is 13.6. The third kappa shape index (κ3) is 6.77. The van der Waals surface area contributed by atoms with Gasteiger partial charge in [0.25, 0.3) is 0 Å². The number of hydrogen-bond donors (Lipinski definition) is 0. The second-order valence-electron chi connectivity index (χ2n) is 11.6. The lowest BCUT2D eigenvalue weighted by Gasteiger charge is -2.42. The molecule has 4 heteroatoms. The van der Waals surface area contributed by atoms with Crippen LogP contribution < -0.4 is 9.47 Å². The number of allylic oxidation sites excluding steroid dienone is 2. The zero-order chi connectivity index (χ0) is 27.9. The third-order valence-electron chi connectivity index (χ3n) is 9.01. The molecule has 0 N–H and O–H groups in total. The lowest BCUT2D eigenvalue weighted by atomic mass is 9.64. The first-order chi connectivity index (χ1) is 19.6. The van der Waals surface area contributed by atoms with Gasteiger partial charge in [-0.05, 0) is 123 Å². The highest BCUT2D eigenvalue weighted by Crippen LogP contribution is 2.48. The van der Waals surface area contributed by atoms with Crippen LogP contribution in [0.2, 0.25) is 0 Å². The maximum absolute atomic E-state index is 14.4. The van der Waals surface area contributed by atoms with E-state index in [0.29, 0.717) is 31.0 Å². The molecule has 3 aromatic rings. The zero-order valence-electron chi connectivity index (χ0n) is 23.9. The van der Waals surface area contributed by atoms with Crippen molar-refractivity contribution in [2.45, 2.75) is 71.1 Å². The highest BCUT2D eigenvalue weighted by atomic mass is 19.2. The van der Waals surface area contributed by atoms with Crippen molar-refractivity contribution in [3.63, 3.8) is 0 Å². The van der Waals surface area contributed by atoms with Gasteiger partial charge in [-0.15, -0.1) is 0 Å². The highest BCUT2D eigenvalue weighted by Gasteiger charge is 2.36. The Balaban J connectivity index is 1.12. The highest BCUT2D eigenvalue weighted by molar-refractivity contribution is 5.64. The summed E-state index contributed by atoms with van der Waals surface area (Å²) in [6, 6.07) is 21.2. The number of benzene rings is 3. The average molecular weight is 545 g/mol. The maximum atomic E-state index is 14.4. The smallest absolute Gasteiger partial charge is 0.204 e. The molecule has 0 aliphatic heterocycles. The van der Waals surface area contributed by atoms with Crippen LogP contribution in [0, 0.1) is 29.4 Å². The number of rotatable bonds is 10. The maximum Gasteiger partial charge on any atom is 0.204 e. The molecule has 4 unspecified atom stereocenters. The average Bonchev–Trinajstić information content (AvgIpc) is 2.99. The Labute approximate surface area is 238 Å². The number of ether oxygens (including phenoxy) is 2. The molecule has 0 saturated heterocycles. The van der Waals surface area contributed by atoms with Crippen LogP contribution in [-0.4, -0.2) is 13.2 Å². The predicted octanol–water partition coefficient (Wildman–Crippen LogP) is 9.92. The Kier molecular flexibility index (Phi) is 9.57. The molecule has 40 heavy (non-hydrogen) atoms. The second-order valence-corrected chi connectivity index (χ2v) is 11.6. The fourth-order valence-corrected chi connectivity index (χ4v) is 6.77. The van der Waals surface area contributed by atoms with Gasteiger partial charge in [0.1, 0.15) is 0 Å². The Morgan fingerprint density at radius 1 is 0.750 bits per heavy atom. The van der Waals surface area contributed by atoms with Crippen molar-refractivity contribution in [2.24, 2.45) is 17.8 Å². The van der Waals surface area contributed by atoms with E-state index in [9.17, 15) is 8.78 Å². The SMILES string of the molecule is CC=CCCc1ccc(-c2ccc(C3CCC4CC(COc5ccc(OCC)c(F)c5F)CCC4C3)cc2)cc1. The fraction of sp³-hybridized carbons (Fsp3) is 0.444. The minimum Gasteiger partial charge on any atom is -0.491 e. The molecule has 3 aromatic carbocycles. The van der Waals surface area contributed by atoms with Crippen molar-refractivity contribution >= 4 is 0 Å². The van der Waals surface area contributed by atoms with Crippen molar-refractivity contribution < 1.29 is 18.3 Å². The number of hydrogen-bond acceptors (Lipinski definition) is 2. The van der Waals surface area contributed by atoms with Gasteiger partial charge < -0.3 is 9.47 Å². The normalized spacial score (nSPS) is 22.7. The predicted molar refractivity (Wildman–Crippen MR) is 159 cm³/mol. The van der Waals surface area contributed by atoms with Crippen LogP contribution in [0.4, 0.5) is 8.78 Å². The second kappa shape index (κ2) is 13.5. The van der Waals surface area contributed by atoms with Gasteiger partial charge in [-0.3, -0.25) is 0 Å². The molecule has 0 radical (unpaired) electrons. The summed E-state index contributed by atoms with van der Waals surface area (Å²) in [5.74, 6) is 0.445. The Bertz CT molecular complexity index is 1270. The molecular weight excluding hydrogens is 502 g/mol. The summed E-state index contributed by atoms with van der Waals surface area (Å²) in [5, 5.41) is 0. The summed E-state index contributed by atoms with van der Waals surface area (Å²) < 4.78 is 39.5. The molecule has 0 bridgehead atoms. The summed E-state index contributed by atoms with van der Waals surface area (Å²) >= 11 is 0. The minimum atomic E-state index is -0.969. The summed E-state index contributed by atoms with van der Waals surface area (Å²) in [5.41, 5.74) is 5.40. The van der Waals surface area contributed by atoms with Gasteiger partial charge in [-0.2, -0.15) is 8.78 Å². The minimum absolute atomic E-state index is 0.0180. The van der Waals surface area contributed by atoms with Crippen molar-refractivity contribution in [3.05, 3.63) is 95.6 Å². The van der Waals surface area contributed by atoms with E-state index in [1.54, 1.807) is 6.92 Å². The molecular formula is C36H42F2O2. The molecule has 2 fully saturated rings. The largest absolute Gasteiger partial charge is 0.491 e. The van der Waals surface area contributed by atoms with Gasteiger partial charge in [0, 0.05) is 0 Å². The molecule has 5 rings (SSSR count). The van der Waals surface area contributed by atoms with Gasteiger partial charge in [0.15, 0.2) is 11.5 Å². The molecule has 0 aromatic heterocycles. The first kappa shape index (κ1) is 28.4. The van der Waals surface area contributed by atoms with E-state index in [4.69, 9.17) is 9.47 Å². The monoisotopic (exact) mass is 544 g/mol. The van der Waals surface area contributed by atoms with E-state index < -0.39 is 11.6 Å². The van der Waals surface area contributed by atoms with E-state index in [0.717, 1.165) is 31.6 Å². The van der Waals surface area contributed by atoms with E-state index in [1.165, 1.54) is 60.1 Å². The fourth-order valence-electron chi connectivity index (χ4n) is 6.77. The van der Waals surface area contributed by atoms with Crippen LogP contribution in [0.25, 0.3) is 11.1 Å². The van der Waals surface area contributed by atoms with Crippen LogP contribution >= 0.6 is 0 Å². The van der Waals surface area contributed by atoms with Crippen LogP contribution in [0.1, 0.15) is 75.8 Å². The molecule has 212 valence electrons. The van der Waals surface area contributed by atoms with Crippen molar-refractivity contribution in [2.75, 3.05) is 13.2 Å². The molecule has 0 amide bonds. The molecule has 0 heterocycles. The van der Waals surface area contributed by atoms with Crippen LogP contribution in [-0.2, 0) is 6.42 Å². The summed E-state index contributed by atoms with van der Waals surface area (Å²) in [6.45, 7) is 4.55. The Hall–Kier alpha value is -3.14. The summed E-state index contributed by atoms with van der Waals surface area (Å²) in [4.78, 5) is 0. The molecule has 0 spiro atoms. The van der Waals surface area contributed by atoms with Crippen LogP contribution in [0.15, 0.2) is 72.8 Å². The van der Waals surface area contributed by atoms with Gasteiger partial charge in [0.2, 0.25) is 11.6 Å². The standard InChI is InChI=1S/C36H42F2O2/c1-3-5-6-7-25-8-11-27(12-9-25)28-14-16-29(17-15-28)31-19-18-30-22-26(10-13-32(30)23-31)24-40-34-21-20-33(39-4-2)35(37)36(34)38/h3,5,8-9,11-12,14-17,20-21,26,30-32H,4,6-7,10,13,18-19,22-24H2,1-2H3. The molecule has 2 aliphatic carbocycles.